The van der Waals surface area contributed by atoms with Gasteiger partial charge in [-0.3, -0.25) is 9.88 Å². The highest BCUT2D eigenvalue weighted by atomic mass is 15.2. The molecule has 1 fully saturated rings. The number of hydrogen-bond donors (Lipinski definition) is 1. The first-order valence-corrected chi connectivity index (χ1v) is 6.81. The lowest BCUT2D eigenvalue weighted by Gasteiger charge is -2.24. The lowest BCUT2D eigenvalue weighted by molar-refractivity contribution is 0.248. The van der Waals surface area contributed by atoms with Crippen molar-refractivity contribution in [2.24, 2.45) is 0 Å². The molecule has 0 bridgehead atoms. The van der Waals surface area contributed by atoms with E-state index in [9.17, 15) is 0 Å². The Kier molecular flexibility index (Phi) is 3.47. The summed E-state index contributed by atoms with van der Waals surface area (Å²) in [6, 6.07) is 12.9. The van der Waals surface area contributed by atoms with E-state index < -0.39 is 0 Å². The van der Waals surface area contributed by atoms with E-state index in [1.54, 1.807) is 0 Å². The molecular formula is C16H19N3. The van der Waals surface area contributed by atoms with Crippen LogP contribution >= 0.6 is 0 Å². The summed E-state index contributed by atoms with van der Waals surface area (Å²) in [6.07, 6.45) is 6.29. The van der Waals surface area contributed by atoms with Crippen LogP contribution in [-0.2, 0) is 6.54 Å². The largest absolute Gasteiger partial charge is 0.399 e. The lowest BCUT2D eigenvalue weighted by atomic mass is 10.1. The number of rotatable bonds is 3. The molecule has 1 aliphatic heterocycles. The molecule has 0 saturated carbocycles. The molecule has 0 radical (unpaired) electrons. The fraction of sp³-hybridized carbons (Fsp3) is 0.312. The second-order valence-corrected chi connectivity index (χ2v) is 5.16. The minimum atomic E-state index is 0.495. The van der Waals surface area contributed by atoms with E-state index in [0.717, 1.165) is 18.8 Å². The van der Waals surface area contributed by atoms with Gasteiger partial charge in [0.15, 0.2) is 0 Å². The molecule has 0 aliphatic carbocycles. The summed E-state index contributed by atoms with van der Waals surface area (Å²) >= 11 is 0. The Morgan fingerprint density at radius 1 is 1.26 bits per heavy atom. The second-order valence-electron chi connectivity index (χ2n) is 5.16. The highest BCUT2D eigenvalue weighted by Crippen LogP contribution is 2.32. The fourth-order valence-electron chi connectivity index (χ4n) is 2.89. The number of nitrogens with two attached hydrogens (primary N) is 1. The van der Waals surface area contributed by atoms with Gasteiger partial charge in [0.05, 0.1) is 0 Å². The van der Waals surface area contributed by atoms with Crippen molar-refractivity contribution >= 4 is 5.69 Å². The van der Waals surface area contributed by atoms with Gasteiger partial charge in [-0.15, -0.1) is 0 Å². The zero-order valence-electron chi connectivity index (χ0n) is 11.0. The molecule has 2 heterocycles. The smallest absolute Gasteiger partial charge is 0.0367 e. The summed E-state index contributed by atoms with van der Waals surface area (Å²) in [5.74, 6) is 0. The minimum Gasteiger partial charge on any atom is -0.399 e. The molecule has 2 aromatic rings. The van der Waals surface area contributed by atoms with Crippen molar-refractivity contribution in [1.82, 2.24) is 9.88 Å². The first-order chi connectivity index (χ1) is 9.33. The van der Waals surface area contributed by atoms with E-state index in [4.69, 9.17) is 5.73 Å². The van der Waals surface area contributed by atoms with E-state index in [-0.39, 0.29) is 0 Å². The van der Waals surface area contributed by atoms with E-state index in [0.29, 0.717) is 6.04 Å². The van der Waals surface area contributed by atoms with Gasteiger partial charge in [-0.1, -0.05) is 18.2 Å². The van der Waals surface area contributed by atoms with Gasteiger partial charge in [-0.05, 0) is 48.7 Å². The average Bonchev–Trinajstić information content (AvgIpc) is 2.88. The predicted molar refractivity (Wildman–Crippen MR) is 77.5 cm³/mol. The van der Waals surface area contributed by atoms with Crippen molar-refractivity contribution < 1.29 is 0 Å². The molecule has 1 aliphatic rings. The second kappa shape index (κ2) is 5.41. The Bertz CT molecular complexity index is 539. The van der Waals surface area contributed by atoms with Gasteiger partial charge >= 0.3 is 0 Å². The van der Waals surface area contributed by atoms with Crippen molar-refractivity contribution in [1.29, 1.82) is 0 Å². The van der Waals surface area contributed by atoms with Gasteiger partial charge in [0.25, 0.3) is 0 Å². The molecule has 1 atom stereocenters. The van der Waals surface area contributed by atoms with Crippen LogP contribution in [-0.4, -0.2) is 16.4 Å². The van der Waals surface area contributed by atoms with Crippen LogP contribution < -0.4 is 5.73 Å². The Labute approximate surface area is 114 Å². The van der Waals surface area contributed by atoms with Gasteiger partial charge in [0.2, 0.25) is 0 Å². The molecule has 19 heavy (non-hydrogen) atoms. The summed E-state index contributed by atoms with van der Waals surface area (Å²) < 4.78 is 0. The molecule has 1 unspecified atom stereocenters. The Balaban J connectivity index is 1.77. The number of anilines is 1. The van der Waals surface area contributed by atoms with Gasteiger partial charge in [0.1, 0.15) is 0 Å². The Morgan fingerprint density at radius 2 is 2.21 bits per heavy atom. The first-order valence-electron chi connectivity index (χ1n) is 6.81. The van der Waals surface area contributed by atoms with Crippen LogP contribution in [0.15, 0.2) is 48.8 Å². The van der Waals surface area contributed by atoms with Crippen molar-refractivity contribution in [3.05, 3.63) is 59.9 Å². The van der Waals surface area contributed by atoms with E-state index in [1.807, 2.05) is 30.6 Å². The number of nitrogens with zero attached hydrogens (tertiary/aromatic N) is 2. The Morgan fingerprint density at radius 3 is 3.00 bits per heavy atom. The monoisotopic (exact) mass is 253 g/mol. The predicted octanol–water partition coefficient (Wildman–Crippen LogP) is 3.00. The molecule has 3 nitrogen and oxygen atoms in total. The molecule has 2 N–H and O–H groups in total. The first kappa shape index (κ1) is 12.2. The molecule has 98 valence electrons. The standard InChI is InChI=1S/C16H19N3/c17-15-6-1-4-13(10-15)12-19-9-3-7-16(19)14-5-2-8-18-11-14/h1-2,4-6,8,10-11,16H,3,7,9,12,17H2. The average molecular weight is 253 g/mol. The van der Waals surface area contributed by atoms with Crippen LogP contribution in [0.2, 0.25) is 0 Å². The molecule has 1 aromatic carbocycles. The zero-order valence-corrected chi connectivity index (χ0v) is 11.0. The van der Waals surface area contributed by atoms with E-state index in [1.165, 1.54) is 24.0 Å². The van der Waals surface area contributed by atoms with E-state index in [2.05, 4.69) is 28.1 Å². The minimum absolute atomic E-state index is 0.495. The van der Waals surface area contributed by atoms with Gasteiger partial charge in [0, 0.05) is 30.7 Å². The number of likely N-dealkylation sites (tertiary alicyclic amines) is 1. The summed E-state index contributed by atoms with van der Waals surface area (Å²) in [6.45, 7) is 2.11. The maximum absolute atomic E-state index is 5.85. The van der Waals surface area contributed by atoms with E-state index >= 15 is 0 Å². The third-order valence-corrected chi connectivity index (χ3v) is 3.77. The molecule has 0 spiro atoms. The molecule has 0 amide bonds. The maximum atomic E-state index is 5.85. The highest BCUT2D eigenvalue weighted by molar-refractivity contribution is 5.40. The Hall–Kier alpha value is -1.87. The van der Waals surface area contributed by atoms with Crippen LogP contribution in [0.3, 0.4) is 0 Å². The SMILES string of the molecule is Nc1cccc(CN2CCCC2c2cccnc2)c1. The summed E-state index contributed by atoms with van der Waals surface area (Å²) in [4.78, 5) is 6.76. The molecule has 1 saturated heterocycles. The number of hydrogen-bond acceptors (Lipinski definition) is 3. The van der Waals surface area contributed by atoms with Crippen LogP contribution in [0.1, 0.15) is 30.0 Å². The number of pyridine rings is 1. The summed E-state index contributed by atoms with van der Waals surface area (Å²) in [7, 11) is 0. The van der Waals surface area contributed by atoms with Crippen molar-refractivity contribution in [3.63, 3.8) is 0 Å². The van der Waals surface area contributed by atoms with Crippen LogP contribution in [0.4, 0.5) is 5.69 Å². The van der Waals surface area contributed by atoms with Crippen molar-refractivity contribution in [2.75, 3.05) is 12.3 Å². The van der Waals surface area contributed by atoms with Crippen LogP contribution in [0.25, 0.3) is 0 Å². The number of aromatic nitrogens is 1. The van der Waals surface area contributed by atoms with Crippen LogP contribution in [0.5, 0.6) is 0 Å². The van der Waals surface area contributed by atoms with Crippen LogP contribution in [0, 0.1) is 0 Å². The number of nitrogen functional groups attached to an aromatic ring is 1. The molecular weight excluding hydrogens is 234 g/mol. The van der Waals surface area contributed by atoms with Crippen molar-refractivity contribution in [2.45, 2.75) is 25.4 Å². The number of benzene rings is 1. The molecule has 3 heteroatoms. The lowest BCUT2D eigenvalue weighted by Crippen LogP contribution is -2.22. The fourth-order valence-corrected chi connectivity index (χ4v) is 2.89. The summed E-state index contributed by atoms with van der Waals surface area (Å²) in [5, 5.41) is 0. The van der Waals surface area contributed by atoms with Gasteiger partial charge in [-0.2, -0.15) is 0 Å². The van der Waals surface area contributed by atoms with Crippen molar-refractivity contribution in [3.8, 4) is 0 Å². The normalized spacial score (nSPS) is 19.7. The third kappa shape index (κ3) is 2.76. The molecule has 1 aromatic heterocycles. The topological polar surface area (TPSA) is 42.1 Å². The zero-order chi connectivity index (χ0) is 13.1. The highest BCUT2D eigenvalue weighted by Gasteiger charge is 2.25. The van der Waals surface area contributed by atoms with Gasteiger partial charge < -0.3 is 5.73 Å². The van der Waals surface area contributed by atoms with Gasteiger partial charge in [-0.25, -0.2) is 0 Å². The summed E-state index contributed by atoms with van der Waals surface area (Å²) in [5.41, 5.74) is 9.30. The maximum Gasteiger partial charge on any atom is 0.0367 e. The third-order valence-electron chi connectivity index (χ3n) is 3.77. The molecule has 3 rings (SSSR count). The quantitative estimate of drug-likeness (QED) is 0.855.